The molecule has 2 aromatic rings. The zero-order valence-electron chi connectivity index (χ0n) is 19.4. The molecule has 1 saturated carbocycles. The molecule has 0 amide bonds. The number of hydrogen-bond acceptors (Lipinski definition) is 6. The molecule has 2 aliphatic rings. The first-order chi connectivity index (χ1) is 16.7. The number of ether oxygens (including phenoxy) is 2. The summed E-state index contributed by atoms with van der Waals surface area (Å²) >= 11 is 0. The van der Waals surface area contributed by atoms with E-state index in [1.807, 2.05) is 18.2 Å². The summed E-state index contributed by atoms with van der Waals surface area (Å²) in [4.78, 5) is 5.80. The highest BCUT2D eigenvalue weighted by Gasteiger charge is 2.38. The second-order valence-corrected chi connectivity index (χ2v) is 10.9. The Balaban J connectivity index is 1.44. The predicted octanol–water partition coefficient (Wildman–Crippen LogP) is 4.06. The predicted molar refractivity (Wildman–Crippen MR) is 126 cm³/mol. The van der Waals surface area contributed by atoms with Gasteiger partial charge < -0.3 is 14.4 Å². The van der Waals surface area contributed by atoms with Gasteiger partial charge in [-0.25, -0.2) is 22.5 Å². The molecule has 1 saturated heterocycles. The molecule has 1 aromatic carbocycles. The summed E-state index contributed by atoms with van der Waals surface area (Å²) in [5, 5.41) is 0. The van der Waals surface area contributed by atoms with Gasteiger partial charge >= 0.3 is 6.61 Å². The Hall–Kier alpha value is -2.37. The van der Waals surface area contributed by atoms with Crippen molar-refractivity contribution >= 4 is 15.8 Å². The van der Waals surface area contributed by atoms with Crippen LogP contribution in [0.15, 0.2) is 42.6 Å². The molecular formula is C24H30F3N3O4S. The van der Waals surface area contributed by atoms with Crippen LogP contribution < -0.4 is 14.4 Å². The third-order valence-corrected chi connectivity index (χ3v) is 7.41. The maximum absolute atomic E-state index is 13.9. The van der Waals surface area contributed by atoms with Crippen LogP contribution in [0.5, 0.6) is 5.75 Å². The average Bonchev–Trinajstić information content (AvgIpc) is 3.20. The van der Waals surface area contributed by atoms with Crippen LogP contribution in [0.4, 0.5) is 19.0 Å². The topological polar surface area (TPSA) is 80.8 Å². The number of aromatic nitrogens is 1. The van der Waals surface area contributed by atoms with E-state index in [0.717, 1.165) is 44.2 Å². The van der Waals surface area contributed by atoms with Gasteiger partial charge in [0.25, 0.3) is 0 Å². The van der Waals surface area contributed by atoms with Crippen LogP contribution >= 0.6 is 0 Å². The van der Waals surface area contributed by atoms with E-state index in [1.165, 1.54) is 5.56 Å². The number of sulfonamides is 1. The zero-order valence-corrected chi connectivity index (χ0v) is 20.3. The lowest BCUT2D eigenvalue weighted by Gasteiger charge is -2.33. The maximum atomic E-state index is 13.9. The molecule has 4 rings (SSSR count). The van der Waals surface area contributed by atoms with Gasteiger partial charge in [0.15, 0.2) is 11.6 Å². The first kappa shape index (κ1) is 25.7. The van der Waals surface area contributed by atoms with Crippen molar-refractivity contribution in [2.24, 2.45) is 0 Å². The molecule has 0 bridgehead atoms. The number of hydrogen-bond donors (Lipinski definition) is 1. The van der Waals surface area contributed by atoms with E-state index in [9.17, 15) is 21.6 Å². The van der Waals surface area contributed by atoms with Crippen LogP contribution in [0.3, 0.4) is 0 Å². The third-order valence-electron chi connectivity index (χ3n) is 6.68. The first-order valence-corrected chi connectivity index (χ1v) is 13.6. The van der Waals surface area contributed by atoms with Crippen molar-refractivity contribution in [3.8, 4) is 5.75 Å². The van der Waals surface area contributed by atoms with Crippen LogP contribution in [0.2, 0.25) is 0 Å². The van der Waals surface area contributed by atoms with E-state index < -0.39 is 40.3 Å². The van der Waals surface area contributed by atoms with Gasteiger partial charge in [-0.2, -0.15) is 8.78 Å². The zero-order chi connectivity index (χ0) is 25.0. The Morgan fingerprint density at radius 2 is 1.86 bits per heavy atom. The molecule has 1 aromatic heterocycles. The second kappa shape index (κ2) is 11.1. The lowest BCUT2D eigenvalue weighted by atomic mass is 9.83. The molecular weight excluding hydrogens is 483 g/mol. The van der Waals surface area contributed by atoms with Crippen LogP contribution in [-0.2, 0) is 14.8 Å². The molecule has 1 aliphatic carbocycles. The van der Waals surface area contributed by atoms with Crippen molar-refractivity contribution in [2.45, 2.75) is 62.8 Å². The van der Waals surface area contributed by atoms with Crippen LogP contribution in [0.25, 0.3) is 0 Å². The van der Waals surface area contributed by atoms with E-state index in [2.05, 4.69) is 26.6 Å². The van der Waals surface area contributed by atoms with E-state index in [1.54, 1.807) is 4.90 Å². The number of rotatable bonds is 9. The van der Waals surface area contributed by atoms with Crippen molar-refractivity contribution < 1.29 is 31.1 Å². The Labute approximate surface area is 203 Å². The number of nitrogens with one attached hydrogen (secondary N) is 1. The van der Waals surface area contributed by atoms with E-state index in [-0.39, 0.29) is 18.5 Å². The summed E-state index contributed by atoms with van der Waals surface area (Å²) in [7, 11) is -3.49. The van der Waals surface area contributed by atoms with Crippen molar-refractivity contribution in [1.82, 2.24) is 9.71 Å². The fourth-order valence-corrected chi connectivity index (χ4v) is 5.86. The molecule has 0 unspecified atom stereocenters. The minimum absolute atomic E-state index is 0.0372. The summed E-state index contributed by atoms with van der Waals surface area (Å²) in [6, 6.07) is 10.6. The van der Waals surface area contributed by atoms with Gasteiger partial charge in [-0.05, 0) is 43.6 Å². The van der Waals surface area contributed by atoms with Gasteiger partial charge in [0, 0.05) is 18.7 Å². The minimum atomic E-state index is -3.49. The number of alkyl halides is 2. The Morgan fingerprint density at radius 1 is 1.14 bits per heavy atom. The monoisotopic (exact) mass is 513 g/mol. The standard InChI is InChI=1S/C24H30F3N3O4S/c1-35(31,32)29-20-11-12-30(23-13-22(34-24(26)27)19(25)14-28-23)21(20)15-33-18-9-7-17(8-10-18)16-5-3-2-4-6-16/h2-6,13-14,17-18,20-21,24,29H,7-12,15H2,1H3/t17-,18+,20-,21-/m0/s1. The number of halogens is 3. The lowest BCUT2D eigenvalue weighted by molar-refractivity contribution is -0.0522. The summed E-state index contributed by atoms with van der Waals surface area (Å²) in [5.74, 6) is -0.887. The van der Waals surface area contributed by atoms with Crippen molar-refractivity contribution in [3.63, 3.8) is 0 Å². The van der Waals surface area contributed by atoms with Gasteiger partial charge in [-0.1, -0.05) is 30.3 Å². The van der Waals surface area contributed by atoms with E-state index in [4.69, 9.17) is 4.74 Å². The molecule has 2 heterocycles. The Kier molecular flexibility index (Phi) is 8.18. The SMILES string of the molecule is CS(=O)(=O)N[C@H]1CCN(c2cc(OC(F)F)c(F)cn2)[C@H]1CO[C@H]1CC[C@@H](c2ccccc2)CC1. The molecule has 11 heteroatoms. The fourth-order valence-electron chi connectivity index (χ4n) is 5.03. The van der Waals surface area contributed by atoms with Crippen LogP contribution in [0.1, 0.15) is 43.6 Å². The highest BCUT2D eigenvalue weighted by atomic mass is 32.2. The van der Waals surface area contributed by atoms with E-state index in [0.29, 0.717) is 18.9 Å². The molecule has 7 nitrogen and oxygen atoms in total. The third kappa shape index (κ3) is 6.86. The largest absolute Gasteiger partial charge is 0.431 e. The Bertz CT molecular complexity index is 1080. The molecule has 1 aliphatic heterocycles. The minimum Gasteiger partial charge on any atom is -0.431 e. The number of benzene rings is 1. The van der Waals surface area contributed by atoms with Crippen molar-refractivity contribution in [1.29, 1.82) is 0 Å². The Morgan fingerprint density at radius 3 is 2.51 bits per heavy atom. The maximum Gasteiger partial charge on any atom is 0.387 e. The molecule has 0 spiro atoms. The van der Waals surface area contributed by atoms with Crippen LogP contribution in [0, 0.1) is 5.82 Å². The number of nitrogens with zero attached hydrogens (tertiary/aromatic N) is 2. The van der Waals surface area contributed by atoms with Gasteiger partial charge in [-0.15, -0.1) is 0 Å². The quantitative estimate of drug-likeness (QED) is 0.545. The van der Waals surface area contributed by atoms with Crippen LogP contribution in [-0.4, -0.2) is 57.6 Å². The van der Waals surface area contributed by atoms with Gasteiger partial charge in [0.1, 0.15) is 5.82 Å². The van der Waals surface area contributed by atoms with Gasteiger partial charge in [0.2, 0.25) is 10.0 Å². The highest BCUT2D eigenvalue weighted by Crippen LogP contribution is 2.35. The number of anilines is 1. The van der Waals surface area contributed by atoms with Crippen molar-refractivity contribution in [3.05, 3.63) is 54.0 Å². The molecule has 1 N–H and O–H groups in total. The molecule has 2 atom stereocenters. The normalized spacial score (nSPS) is 25.2. The smallest absolute Gasteiger partial charge is 0.387 e. The van der Waals surface area contributed by atoms with E-state index >= 15 is 0 Å². The highest BCUT2D eigenvalue weighted by molar-refractivity contribution is 7.88. The van der Waals surface area contributed by atoms with Gasteiger partial charge in [0.05, 0.1) is 31.2 Å². The summed E-state index contributed by atoms with van der Waals surface area (Å²) in [6.07, 6.45) is 6.19. The first-order valence-electron chi connectivity index (χ1n) is 11.7. The molecule has 35 heavy (non-hydrogen) atoms. The summed E-state index contributed by atoms with van der Waals surface area (Å²) in [6.45, 7) is -2.56. The summed E-state index contributed by atoms with van der Waals surface area (Å²) in [5.41, 5.74) is 1.33. The van der Waals surface area contributed by atoms with Crippen molar-refractivity contribution in [2.75, 3.05) is 24.3 Å². The molecule has 2 fully saturated rings. The average molecular weight is 514 g/mol. The second-order valence-electron chi connectivity index (χ2n) is 9.12. The molecule has 192 valence electrons. The lowest BCUT2D eigenvalue weighted by Crippen LogP contribution is -2.48. The number of pyridine rings is 1. The van der Waals surface area contributed by atoms with Gasteiger partial charge in [-0.3, -0.25) is 0 Å². The fraction of sp³-hybridized carbons (Fsp3) is 0.542. The molecule has 0 radical (unpaired) electrons. The summed E-state index contributed by atoms with van der Waals surface area (Å²) < 4.78 is 76.3.